The number of carbonyl (C=O) groups is 1. The maximum atomic E-state index is 11.0. The fraction of sp³-hybridized carbons (Fsp3) is 0.786. The van der Waals surface area contributed by atoms with E-state index in [1.54, 1.807) is 6.26 Å². The molecule has 0 heterocycles. The molecule has 0 aromatic heterocycles. The minimum atomic E-state index is 0.362. The summed E-state index contributed by atoms with van der Waals surface area (Å²) in [6.07, 6.45) is 8.22. The zero-order valence-electron chi connectivity index (χ0n) is 11.0. The quantitative estimate of drug-likeness (QED) is 0.390. The number of carbonyl (C=O) groups excluding carboxylic acids is 1. The summed E-state index contributed by atoms with van der Waals surface area (Å²) in [4.78, 5) is 11.0. The summed E-state index contributed by atoms with van der Waals surface area (Å²) in [5.74, 6) is 0.362. The van der Waals surface area contributed by atoms with Crippen LogP contribution in [0, 0.1) is 5.92 Å². The Hall–Kier alpha value is -0.830. The van der Waals surface area contributed by atoms with Crippen LogP contribution >= 0.6 is 0 Å². The third-order valence-corrected chi connectivity index (χ3v) is 3.23. The van der Waals surface area contributed by atoms with E-state index >= 15 is 0 Å². The highest BCUT2D eigenvalue weighted by Crippen LogP contribution is 2.30. The highest BCUT2D eigenvalue weighted by molar-refractivity contribution is 5.73. The van der Waals surface area contributed by atoms with Crippen molar-refractivity contribution < 1.29 is 14.3 Å². The minimum Gasteiger partial charge on any atom is -0.501 e. The van der Waals surface area contributed by atoms with Gasteiger partial charge in [-0.25, -0.2) is 0 Å². The Balaban J connectivity index is 2.36. The van der Waals surface area contributed by atoms with E-state index in [9.17, 15) is 4.79 Å². The molecule has 1 fully saturated rings. The molecule has 1 aliphatic carbocycles. The Morgan fingerprint density at radius 3 is 2.47 bits per heavy atom. The predicted molar refractivity (Wildman–Crippen MR) is 67.8 cm³/mol. The lowest BCUT2D eigenvalue weighted by molar-refractivity contribution is -0.105. The van der Waals surface area contributed by atoms with E-state index in [1.807, 2.05) is 6.92 Å². The fourth-order valence-electron chi connectivity index (χ4n) is 2.25. The summed E-state index contributed by atoms with van der Waals surface area (Å²) in [5, 5.41) is 0. The van der Waals surface area contributed by atoms with Crippen molar-refractivity contribution in [2.45, 2.75) is 52.1 Å². The van der Waals surface area contributed by atoms with Crippen molar-refractivity contribution in [2.24, 2.45) is 5.92 Å². The summed E-state index contributed by atoms with van der Waals surface area (Å²) < 4.78 is 10.9. The maximum Gasteiger partial charge on any atom is 0.149 e. The number of allylic oxidation sites excluding steroid dienone is 1. The largest absolute Gasteiger partial charge is 0.501 e. The van der Waals surface area contributed by atoms with Crippen molar-refractivity contribution in [3.63, 3.8) is 0 Å². The summed E-state index contributed by atoms with van der Waals surface area (Å²) >= 11 is 0. The summed E-state index contributed by atoms with van der Waals surface area (Å²) in [6, 6.07) is 0. The van der Waals surface area contributed by atoms with Crippen molar-refractivity contribution in [3.05, 3.63) is 11.8 Å². The second-order valence-corrected chi connectivity index (χ2v) is 4.54. The molecule has 0 atom stereocenters. The lowest BCUT2D eigenvalue weighted by Crippen LogP contribution is -2.23. The van der Waals surface area contributed by atoms with Gasteiger partial charge in [0.1, 0.15) is 6.29 Å². The third kappa shape index (κ3) is 4.90. The molecule has 0 aliphatic heterocycles. The number of ether oxygens (including phenoxy) is 2. The van der Waals surface area contributed by atoms with Crippen LogP contribution in [0.1, 0.15) is 46.0 Å². The zero-order valence-corrected chi connectivity index (χ0v) is 11.0. The van der Waals surface area contributed by atoms with Crippen LogP contribution in [-0.4, -0.2) is 25.6 Å². The second kappa shape index (κ2) is 8.29. The lowest BCUT2D eigenvalue weighted by Gasteiger charge is -2.28. The van der Waals surface area contributed by atoms with Gasteiger partial charge in [0, 0.05) is 12.2 Å². The molecular formula is C14H24O3. The van der Waals surface area contributed by atoms with Crippen LogP contribution in [0.15, 0.2) is 11.8 Å². The van der Waals surface area contributed by atoms with Crippen molar-refractivity contribution in [1.82, 2.24) is 0 Å². The monoisotopic (exact) mass is 240 g/mol. The van der Waals surface area contributed by atoms with Gasteiger partial charge in [-0.2, -0.15) is 0 Å². The van der Waals surface area contributed by atoms with Crippen LogP contribution in [0.5, 0.6) is 0 Å². The van der Waals surface area contributed by atoms with E-state index < -0.39 is 0 Å². The molecule has 3 heteroatoms. The van der Waals surface area contributed by atoms with Gasteiger partial charge in [0.15, 0.2) is 0 Å². The first-order valence-corrected chi connectivity index (χ1v) is 6.70. The molecule has 1 rings (SSSR count). The SMILES string of the molecule is CCCOC1CCC(/C(C=O)=C\OCC)CC1. The van der Waals surface area contributed by atoms with Gasteiger partial charge in [-0.3, -0.25) is 4.79 Å². The van der Waals surface area contributed by atoms with Crippen LogP contribution in [-0.2, 0) is 14.3 Å². The van der Waals surface area contributed by atoms with E-state index in [-0.39, 0.29) is 0 Å². The van der Waals surface area contributed by atoms with Crippen molar-refractivity contribution in [2.75, 3.05) is 13.2 Å². The molecule has 0 aromatic rings. The molecule has 0 amide bonds. The molecule has 0 aromatic carbocycles. The molecule has 0 radical (unpaired) electrons. The van der Waals surface area contributed by atoms with Gasteiger partial charge in [-0.1, -0.05) is 6.92 Å². The highest BCUT2D eigenvalue weighted by atomic mass is 16.5. The van der Waals surface area contributed by atoms with Gasteiger partial charge in [-0.15, -0.1) is 0 Å². The smallest absolute Gasteiger partial charge is 0.149 e. The van der Waals surface area contributed by atoms with Gasteiger partial charge in [0.2, 0.25) is 0 Å². The molecular weight excluding hydrogens is 216 g/mol. The van der Waals surface area contributed by atoms with Gasteiger partial charge >= 0.3 is 0 Å². The fourth-order valence-corrected chi connectivity index (χ4v) is 2.25. The van der Waals surface area contributed by atoms with Crippen LogP contribution in [0.2, 0.25) is 0 Å². The minimum absolute atomic E-state index is 0.362. The van der Waals surface area contributed by atoms with Gasteiger partial charge < -0.3 is 9.47 Å². The number of rotatable bonds is 7. The normalized spacial score (nSPS) is 25.6. The molecule has 1 saturated carbocycles. The first-order chi connectivity index (χ1) is 8.31. The second-order valence-electron chi connectivity index (χ2n) is 4.54. The standard InChI is InChI=1S/C14H24O3/c1-3-9-17-14-7-5-12(6-8-14)13(10-15)11-16-4-2/h10-12,14H,3-9H2,1-2H3/b13-11-. The Kier molecular flexibility index (Phi) is 6.94. The number of aldehydes is 1. The number of hydrogen-bond acceptors (Lipinski definition) is 3. The van der Waals surface area contributed by atoms with Crippen molar-refractivity contribution >= 4 is 6.29 Å². The molecule has 98 valence electrons. The third-order valence-electron chi connectivity index (χ3n) is 3.23. The average Bonchev–Trinajstić information content (AvgIpc) is 2.38. The zero-order chi connectivity index (χ0) is 12.5. The predicted octanol–water partition coefficient (Wildman–Crippen LogP) is 3.09. The molecule has 0 saturated heterocycles. The molecule has 0 unspecified atom stereocenters. The van der Waals surface area contributed by atoms with E-state index in [0.29, 0.717) is 18.6 Å². The molecule has 3 nitrogen and oxygen atoms in total. The van der Waals surface area contributed by atoms with Crippen LogP contribution in [0.4, 0.5) is 0 Å². The highest BCUT2D eigenvalue weighted by Gasteiger charge is 2.24. The topological polar surface area (TPSA) is 35.5 Å². The Labute approximate surface area is 104 Å². The molecule has 0 N–H and O–H groups in total. The maximum absolute atomic E-state index is 11.0. The van der Waals surface area contributed by atoms with E-state index in [4.69, 9.17) is 9.47 Å². The first kappa shape index (κ1) is 14.2. The molecule has 0 bridgehead atoms. The van der Waals surface area contributed by atoms with Gasteiger partial charge in [0.25, 0.3) is 0 Å². The van der Waals surface area contributed by atoms with Gasteiger partial charge in [-0.05, 0) is 44.9 Å². The van der Waals surface area contributed by atoms with Crippen LogP contribution in [0.25, 0.3) is 0 Å². The number of hydrogen-bond donors (Lipinski definition) is 0. The van der Waals surface area contributed by atoms with Crippen LogP contribution < -0.4 is 0 Å². The van der Waals surface area contributed by atoms with E-state index in [2.05, 4.69) is 6.92 Å². The van der Waals surface area contributed by atoms with Gasteiger partial charge in [0.05, 0.1) is 19.0 Å². The molecule has 17 heavy (non-hydrogen) atoms. The Morgan fingerprint density at radius 1 is 1.24 bits per heavy atom. The van der Waals surface area contributed by atoms with Crippen molar-refractivity contribution in [1.29, 1.82) is 0 Å². The Morgan fingerprint density at radius 2 is 1.94 bits per heavy atom. The average molecular weight is 240 g/mol. The molecule has 1 aliphatic rings. The van der Waals surface area contributed by atoms with Crippen molar-refractivity contribution in [3.8, 4) is 0 Å². The summed E-state index contributed by atoms with van der Waals surface area (Å²) in [5.41, 5.74) is 0.806. The lowest BCUT2D eigenvalue weighted by atomic mass is 9.83. The van der Waals surface area contributed by atoms with Crippen LogP contribution in [0.3, 0.4) is 0 Å². The Bertz CT molecular complexity index is 240. The molecule has 0 spiro atoms. The van der Waals surface area contributed by atoms with E-state index in [0.717, 1.165) is 50.6 Å². The first-order valence-electron chi connectivity index (χ1n) is 6.70. The summed E-state index contributed by atoms with van der Waals surface area (Å²) in [7, 11) is 0. The summed E-state index contributed by atoms with van der Waals surface area (Å²) in [6.45, 7) is 5.52. The van der Waals surface area contributed by atoms with E-state index in [1.165, 1.54) is 0 Å².